The lowest BCUT2D eigenvalue weighted by molar-refractivity contribution is -0.108. The van der Waals surface area contributed by atoms with E-state index in [2.05, 4.69) is 4.98 Å². The Hall–Kier alpha value is -1.12. The molecule has 0 bridgehead atoms. The maximum Gasteiger partial charge on any atom is 0.180 e. The fourth-order valence-corrected chi connectivity index (χ4v) is 0.729. The van der Waals surface area contributed by atoms with Crippen molar-refractivity contribution in [3.05, 3.63) is 18.4 Å². The Balaban J connectivity index is 2.58. The molecule has 0 aromatic carbocycles. The summed E-state index contributed by atoms with van der Waals surface area (Å²) < 4.78 is 4.98. The fraction of sp³-hybridized carbons (Fsp3) is 0.429. The summed E-state index contributed by atoms with van der Waals surface area (Å²) in [6.45, 7) is 1.93. The van der Waals surface area contributed by atoms with E-state index in [1.165, 1.54) is 6.39 Å². The molecule has 0 N–H and O–H groups in total. The molecule has 0 amide bonds. The third-order valence-electron chi connectivity index (χ3n) is 1.39. The number of hydrogen-bond donors (Lipinski definition) is 0. The SMILES string of the molecule is CC(CC=O)c1cnco1. The van der Waals surface area contributed by atoms with Crippen LogP contribution in [0.1, 0.15) is 25.0 Å². The van der Waals surface area contributed by atoms with Crippen LogP contribution >= 0.6 is 0 Å². The van der Waals surface area contributed by atoms with Crippen LogP contribution in [0.5, 0.6) is 0 Å². The van der Waals surface area contributed by atoms with Gasteiger partial charge in [-0.15, -0.1) is 0 Å². The number of aldehydes is 1. The molecule has 1 aromatic rings. The minimum atomic E-state index is 0.153. The topological polar surface area (TPSA) is 43.1 Å². The van der Waals surface area contributed by atoms with E-state index in [1.807, 2.05) is 6.92 Å². The highest BCUT2D eigenvalue weighted by Crippen LogP contribution is 2.15. The van der Waals surface area contributed by atoms with E-state index in [4.69, 9.17) is 4.42 Å². The van der Waals surface area contributed by atoms with Crippen molar-refractivity contribution >= 4 is 6.29 Å². The summed E-state index contributed by atoms with van der Waals surface area (Å²) in [5.74, 6) is 0.923. The van der Waals surface area contributed by atoms with Gasteiger partial charge < -0.3 is 9.21 Å². The third-order valence-corrected chi connectivity index (χ3v) is 1.39. The molecule has 0 aliphatic carbocycles. The Bertz CT molecular complexity index is 193. The molecule has 0 saturated heterocycles. The molecule has 1 atom stereocenters. The monoisotopic (exact) mass is 139 g/mol. The van der Waals surface area contributed by atoms with Gasteiger partial charge in [0.2, 0.25) is 0 Å². The zero-order valence-corrected chi connectivity index (χ0v) is 5.78. The molecule has 3 heteroatoms. The van der Waals surface area contributed by atoms with Crippen LogP contribution in [0.3, 0.4) is 0 Å². The molecule has 1 rings (SSSR count). The van der Waals surface area contributed by atoms with Gasteiger partial charge in [0.25, 0.3) is 0 Å². The van der Waals surface area contributed by atoms with Gasteiger partial charge in [0.15, 0.2) is 6.39 Å². The first-order valence-corrected chi connectivity index (χ1v) is 3.16. The Labute approximate surface area is 59.1 Å². The standard InChI is InChI=1S/C7H9NO2/c1-6(2-3-9)7-4-8-5-10-7/h3-6H,2H2,1H3. The Morgan fingerprint density at radius 3 is 3.20 bits per heavy atom. The minimum Gasteiger partial charge on any atom is -0.448 e. The van der Waals surface area contributed by atoms with Crippen molar-refractivity contribution < 1.29 is 9.21 Å². The number of nitrogens with zero attached hydrogens (tertiary/aromatic N) is 1. The van der Waals surface area contributed by atoms with Gasteiger partial charge in [-0.1, -0.05) is 6.92 Å². The van der Waals surface area contributed by atoms with E-state index in [0.29, 0.717) is 6.42 Å². The van der Waals surface area contributed by atoms with Gasteiger partial charge in [0.1, 0.15) is 12.0 Å². The second-order valence-electron chi connectivity index (χ2n) is 2.21. The van der Waals surface area contributed by atoms with Crippen molar-refractivity contribution in [2.45, 2.75) is 19.3 Å². The number of carbonyl (C=O) groups is 1. The first kappa shape index (κ1) is 6.99. The van der Waals surface area contributed by atoms with Crippen LogP contribution < -0.4 is 0 Å². The summed E-state index contributed by atoms with van der Waals surface area (Å²) in [6, 6.07) is 0. The zero-order valence-electron chi connectivity index (χ0n) is 5.78. The molecule has 1 heterocycles. The normalized spacial score (nSPS) is 12.9. The molecule has 0 fully saturated rings. The lowest BCUT2D eigenvalue weighted by Gasteiger charge is -1.99. The van der Waals surface area contributed by atoms with Gasteiger partial charge in [-0.25, -0.2) is 4.98 Å². The highest BCUT2D eigenvalue weighted by molar-refractivity contribution is 5.50. The number of carbonyl (C=O) groups excluding carboxylic acids is 1. The number of oxazole rings is 1. The Morgan fingerprint density at radius 2 is 2.70 bits per heavy atom. The van der Waals surface area contributed by atoms with E-state index in [-0.39, 0.29) is 5.92 Å². The highest BCUT2D eigenvalue weighted by atomic mass is 16.3. The van der Waals surface area contributed by atoms with Crippen LogP contribution in [0.25, 0.3) is 0 Å². The van der Waals surface area contributed by atoms with Crippen LogP contribution in [-0.2, 0) is 4.79 Å². The zero-order chi connectivity index (χ0) is 7.40. The quantitative estimate of drug-likeness (QED) is 0.594. The largest absolute Gasteiger partial charge is 0.448 e. The van der Waals surface area contributed by atoms with Crippen molar-refractivity contribution in [2.75, 3.05) is 0 Å². The minimum absolute atomic E-state index is 0.153. The molecule has 1 unspecified atom stereocenters. The molecule has 1 aromatic heterocycles. The fourth-order valence-electron chi connectivity index (χ4n) is 0.729. The summed E-state index contributed by atoms with van der Waals surface area (Å²) in [7, 11) is 0. The summed E-state index contributed by atoms with van der Waals surface area (Å²) in [4.78, 5) is 13.8. The first-order chi connectivity index (χ1) is 4.84. The molecule has 0 aliphatic rings. The van der Waals surface area contributed by atoms with Crippen LogP contribution in [0.2, 0.25) is 0 Å². The van der Waals surface area contributed by atoms with Gasteiger partial charge in [0.05, 0.1) is 6.20 Å². The van der Waals surface area contributed by atoms with Crippen molar-refractivity contribution in [3.63, 3.8) is 0 Å². The molecular weight excluding hydrogens is 130 g/mol. The maximum absolute atomic E-state index is 10.0. The molecule has 0 radical (unpaired) electrons. The lowest BCUT2D eigenvalue weighted by Crippen LogP contribution is -1.90. The summed E-state index contributed by atoms with van der Waals surface area (Å²) in [6.07, 6.45) is 4.38. The maximum atomic E-state index is 10.0. The summed E-state index contributed by atoms with van der Waals surface area (Å²) >= 11 is 0. The van der Waals surface area contributed by atoms with E-state index in [9.17, 15) is 4.79 Å². The van der Waals surface area contributed by atoms with Crippen molar-refractivity contribution in [1.29, 1.82) is 0 Å². The van der Waals surface area contributed by atoms with Gasteiger partial charge in [0, 0.05) is 12.3 Å². The molecule has 0 aliphatic heterocycles. The molecule has 0 spiro atoms. The third kappa shape index (κ3) is 1.43. The van der Waals surface area contributed by atoms with Gasteiger partial charge in [-0.3, -0.25) is 0 Å². The van der Waals surface area contributed by atoms with Crippen LogP contribution in [0.15, 0.2) is 17.0 Å². The summed E-state index contributed by atoms with van der Waals surface area (Å²) in [5, 5.41) is 0. The van der Waals surface area contributed by atoms with Crippen molar-refractivity contribution in [1.82, 2.24) is 4.98 Å². The molecule has 10 heavy (non-hydrogen) atoms. The molecule has 54 valence electrons. The predicted octanol–water partition coefficient (Wildman–Crippen LogP) is 1.37. The van der Waals surface area contributed by atoms with Crippen LogP contribution in [-0.4, -0.2) is 11.3 Å². The predicted molar refractivity (Wildman–Crippen MR) is 35.6 cm³/mol. The van der Waals surface area contributed by atoms with Gasteiger partial charge in [-0.05, 0) is 0 Å². The molecule has 3 nitrogen and oxygen atoms in total. The van der Waals surface area contributed by atoms with Crippen molar-refractivity contribution in [2.24, 2.45) is 0 Å². The second-order valence-corrected chi connectivity index (χ2v) is 2.21. The van der Waals surface area contributed by atoms with E-state index in [1.54, 1.807) is 6.20 Å². The second kappa shape index (κ2) is 3.15. The smallest absolute Gasteiger partial charge is 0.180 e. The Kier molecular flexibility index (Phi) is 2.20. The first-order valence-electron chi connectivity index (χ1n) is 3.16. The van der Waals surface area contributed by atoms with E-state index < -0.39 is 0 Å². The number of hydrogen-bond acceptors (Lipinski definition) is 3. The van der Waals surface area contributed by atoms with E-state index in [0.717, 1.165) is 12.0 Å². The summed E-state index contributed by atoms with van der Waals surface area (Å²) in [5.41, 5.74) is 0. The lowest BCUT2D eigenvalue weighted by atomic mass is 10.1. The number of rotatable bonds is 3. The average Bonchev–Trinajstić information content (AvgIpc) is 2.38. The van der Waals surface area contributed by atoms with Crippen LogP contribution in [0, 0.1) is 0 Å². The highest BCUT2D eigenvalue weighted by Gasteiger charge is 2.06. The molecular formula is C7H9NO2. The van der Waals surface area contributed by atoms with Gasteiger partial charge >= 0.3 is 0 Å². The van der Waals surface area contributed by atoms with Crippen LogP contribution in [0.4, 0.5) is 0 Å². The average molecular weight is 139 g/mol. The van der Waals surface area contributed by atoms with Gasteiger partial charge in [-0.2, -0.15) is 0 Å². The number of aromatic nitrogens is 1. The Morgan fingerprint density at radius 1 is 1.90 bits per heavy atom. The van der Waals surface area contributed by atoms with Crippen molar-refractivity contribution in [3.8, 4) is 0 Å². The molecule has 0 saturated carbocycles. The van der Waals surface area contributed by atoms with E-state index >= 15 is 0 Å².